The number of rotatable bonds is 9. The Morgan fingerprint density at radius 3 is 2.42 bits per heavy atom. The summed E-state index contributed by atoms with van der Waals surface area (Å²) in [7, 11) is 3.01. The number of ether oxygens (including phenoxy) is 3. The number of aromatic nitrogens is 1. The smallest absolute Gasteiger partial charge is 0.204 e. The molecule has 5 nitrogen and oxygen atoms in total. The average molecular weight is 396 g/mol. The quantitative estimate of drug-likeness (QED) is 0.347. The number of Topliss-reactive ketones (excluding diaryl/α,β-unsaturated/α-hetero) is 1. The summed E-state index contributed by atoms with van der Waals surface area (Å²) in [6.45, 7) is 4.01. The number of carbonyl (C=O) groups excluding carboxylic acids is 1. The predicted octanol–water partition coefficient (Wildman–Crippen LogP) is 4.79. The lowest BCUT2D eigenvalue weighted by atomic mass is 10.0. The molecule has 0 atom stereocenters. The minimum Gasteiger partial charge on any atom is -0.493 e. The molecule has 2 aromatic rings. The lowest BCUT2D eigenvalue weighted by Gasteiger charge is -2.17. The molecule has 0 aliphatic carbocycles. The van der Waals surface area contributed by atoms with Crippen LogP contribution in [-0.4, -0.2) is 31.6 Å². The number of benzene rings is 1. The van der Waals surface area contributed by atoms with Crippen LogP contribution in [0.2, 0.25) is 10.0 Å². The van der Waals surface area contributed by atoms with Crippen LogP contribution >= 0.6 is 23.2 Å². The zero-order chi connectivity index (χ0) is 19.1. The van der Waals surface area contributed by atoms with Crippen molar-refractivity contribution in [2.45, 2.75) is 12.8 Å². The zero-order valence-electron chi connectivity index (χ0n) is 14.6. The van der Waals surface area contributed by atoms with E-state index in [0.717, 1.165) is 0 Å². The van der Waals surface area contributed by atoms with Crippen LogP contribution in [0.3, 0.4) is 0 Å². The van der Waals surface area contributed by atoms with Crippen molar-refractivity contribution in [1.29, 1.82) is 0 Å². The number of ketones is 1. The average Bonchev–Trinajstić information content (AvgIpc) is 2.64. The van der Waals surface area contributed by atoms with Crippen molar-refractivity contribution in [3.8, 4) is 17.2 Å². The van der Waals surface area contributed by atoms with Gasteiger partial charge in [-0.15, -0.1) is 6.58 Å². The first kappa shape index (κ1) is 20.1. The van der Waals surface area contributed by atoms with Gasteiger partial charge in [-0.25, -0.2) is 0 Å². The van der Waals surface area contributed by atoms with E-state index in [-0.39, 0.29) is 12.2 Å². The Bertz CT molecular complexity index is 788. The highest BCUT2D eigenvalue weighted by atomic mass is 35.5. The lowest BCUT2D eigenvalue weighted by molar-refractivity contribution is 0.0988. The number of nitrogens with zero attached hydrogens (tertiary/aromatic N) is 1. The second kappa shape index (κ2) is 9.46. The fraction of sp³-hybridized carbons (Fsp3) is 0.263. The molecule has 1 aromatic carbocycles. The van der Waals surface area contributed by atoms with Gasteiger partial charge in [-0.05, 0) is 18.6 Å². The molecule has 0 bridgehead atoms. The molecule has 0 radical (unpaired) electrons. The van der Waals surface area contributed by atoms with Crippen LogP contribution in [0.5, 0.6) is 17.2 Å². The van der Waals surface area contributed by atoms with Crippen LogP contribution in [0, 0.1) is 0 Å². The van der Waals surface area contributed by atoms with E-state index in [1.54, 1.807) is 18.2 Å². The van der Waals surface area contributed by atoms with Gasteiger partial charge in [-0.1, -0.05) is 29.3 Å². The molecule has 2 rings (SSSR count). The van der Waals surface area contributed by atoms with Gasteiger partial charge >= 0.3 is 0 Å². The molecule has 0 N–H and O–H groups in total. The standard InChI is InChI=1S/C19H19Cl2NO4/c1-4-5-8-26-18-12(6-7-17(24-2)19(18)25-3)16(23)9-13-14(20)10-22-11-15(13)21/h4,6-7,10-11H,1,5,8-9H2,2-3H3. The predicted molar refractivity (Wildman–Crippen MR) is 102 cm³/mol. The van der Waals surface area contributed by atoms with Crippen molar-refractivity contribution in [1.82, 2.24) is 4.98 Å². The highest BCUT2D eigenvalue weighted by Crippen LogP contribution is 2.41. The SMILES string of the molecule is C=CCCOc1c(C(=O)Cc2c(Cl)cncc2Cl)ccc(OC)c1OC. The molecule has 0 aliphatic rings. The van der Waals surface area contributed by atoms with Crippen molar-refractivity contribution in [3.63, 3.8) is 0 Å². The molecule has 0 spiro atoms. The van der Waals surface area contributed by atoms with E-state index >= 15 is 0 Å². The third-order valence-corrected chi connectivity index (χ3v) is 4.31. The van der Waals surface area contributed by atoms with Crippen molar-refractivity contribution in [2.75, 3.05) is 20.8 Å². The molecule has 0 saturated heterocycles. The molecular formula is C19H19Cl2NO4. The summed E-state index contributed by atoms with van der Waals surface area (Å²) in [6, 6.07) is 3.29. The van der Waals surface area contributed by atoms with Crippen LogP contribution in [0.15, 0.2) is 37.2 Å². The second-order valence-corrected chi connectivity index (χ2v) is 6.10. The van der Waals surface area contributed by atoms with Crippen molar-refractivity contribution in [3.05, 3.63) is 58.4 Å². The first-order valence-corrected chi connectivity index (χ1v) is 8.58. The van der Waals surface area contributed by atoms with Gasteiger partial charge in [0.05, 0.1) is 36.4 Å². The van der Waals surface area contributed by atoms with Crippen molar-refractivity contribution in [2.24, 2.45) is 0 Å². The van der Waals surface area contributed by atoms with Crippen molar-refractivity contribution >= 4 is 29.0 Å². The highest BCUT2D eigenvalue weighted by molar-refractivity contribution is 6.36. The monoisotopic (exact) mass is 395 g/mol. The largest absolute Gasteiger partial charge is 0.493 e. The first-order chi connectivity index (χ1) is 12.5. The zero-order valence-corrected chi connectivity index (χ0v) is 16.1. The highest BCUT2D eigenvalue weighted by Gasteiger charge is 2.22. The Morgan fingerprint density at radius 2 is 1.85 bits per heavy atom. The first-order valence-electron chi connectivity index (χ1n) is 7.83. The minimum atomic E-state index is -0.213. The molecule has 0 unspecified atom stereocenters. The van der Waals surface area contributed by atoms with Gasteiger partial charge in [0, 0.05) is 24.4 Å². The molecule has 0 fully saturated rings. The number of pyridine rings is 1. The fourth-order valence-corrected chi connectivity index (χ4v) is 2.87. The molecular weight excluding hydrogens is 377 g/mol. The number of hydrogen-bond donors (Lipinski definition) is 0. The second-order valence-electron chi connectivity index (χ2n) is 5.29. The molecule has 0 amide bonds. The summed E-state index contributed by atoms with van der Waals surface area (Å²) in [5, 5.41) is 0.668. The van der Waals surface area contributed by atoms with E-state index in [2.05, 4.69) is 11.6 Å². The summed E-state index contributed by atoms with van der Waals surface area (Å²) in [4.78, 5) is 16.8. The van der Waals surface area contributed by atoms with Crippen LogP contribution in [0.1, 0.15) is 22.3 Å². The van der Waals surface area contributed by atoms with Crippen LogP contribution in [0.25, 0.3) is 0 Å². The van der Waals surface area contributed by atoms with Gasteiger partial charge < -0.3 is 14.2 Å². The summed E-state index contributed by atoms with van der Waals surface area (Å²) >= 11 is 12.2. The summed E-state index contributed by atoms with van der Waals surface area (Å²) in [5.74, 6) is 0.932. The third-order valence-electron chi connectivity index (χ3n) is 3.66. The van der Waals surface area contributed by atoms with E-state index in [9.17, 15) is 4.79 Å². The molecule has 1 heterocycles. The van der Waals surface area contributed by atoms with Gasteiger partial charge in [0.1, 0.15) is 0 Å². The van der Waals surface area contributed by atoms with E-state index in [4.69, 9.17) is 37.4 Å². The van der Waals surface area contributed by atoms with E-state index in [1.165, 1.54) is 26.6 Å². The van der Waals surface area contributed by atoms with Gasteiger partial charge in [0.25, 0.3) is 0 Å². The maximum absolute atomic E-state index is 12.9. The molecule has 26 heavy (non-hydrogen) atoms. The van der Waals surface area contributed by atoms with Gasteiger partial charge in [-0.3, -0.25) is 9.78 Å². The number of halogens is 2. The molecule has 0 saturated carbocycles. The minimum absolute atomic E-state index is 0.00743. The maximum atomic E-state index is 12.9. The van der Waals surface area contributed by atoms with Gasteiger partial charge in [0.15, 0.2) is 17.3 Å². The fourth-order valence-electron chi connectivity index (χ4n) is 2.37. The van der Waals surface area contributed by atoms with Crippen molar-refractivity contribution < 1.29 is 19.0 Å². The van der Waals surface area contributed by atoms with Gasteiger partial charge in [0.2, 0.25) is 5.75 Å². The Balaban J connectivity index is 2.43. The van der Waals surface area contributed by atoms with E-state index < -0.39 is 0 Å². The number of methoxy groups -OCH3 is 2. The molecule has 1 aromatic heterocycles. The summed E-state index contributed by atoms with van der Waals surface area (Å²) in [5.41, 5.74) is 0.871. The summed E-state index contributed by atoms with van der Waals surface area (Å²) < 4.78 is 16.5. The van der Waals surface area contributed by atoms with E-state index in [0.29, 0.717) is 51.4 Å². The summed E-state index contributed by atoms with van der Waals surface area (Å²) in [6.07, 6.45) is 5.26. The maximum Gasteiger partial charge on any atom is 0.204 e. The van der Waals surface area contributed by atoms with E-state index in [1.807, 2.05) is 0 Å². The number of hydrogen-bond acceptors (Lipinski definition) is 5. The van der Waals surface area contributed by atoms with Crippen LogP contribution in [-0.2, 0) is 6.42 Å². The molecule has 138 valence electrons. The van der Waals surface area contributed by atoms with Crippen LogP contribution < -0.4 is 14.2 Å². The van der Waals surface area contributed by atoms with Crippen LogP contribution in [0.4, 0.5) is 0 Å². The lowest BCUT2D eigenvalue weighted by Crippen LogP contribution is -2.10. The van der Waals surface area contributed by atoms with Gasteiger partial charge in [-0.2, -0.15) is 0 Å². The Hall–Kier alpha value is -2.24. The third kappa shape index (κ3) is 4.48. The molecule has 0 aliphatic heterocycles. The Labute approximate surface area is 162 Å². The Kier molecular flexibility index (Phi) is 7.30. The topological polar surface area (TPSA) is 57.7 Å². The number of carbonyl (C=O) groups is 1. The normalized spacial score (nSPS) is 10.3. The Morgan fingerprint density at radius 1 is 1.15 bits per heavy atom. The molecule has 7 heteroatoms.